The normalized spacial score (nSPS) is 21.5. The first-order chi connectivity index (χ1) is 12.2. The summed E-state index contributed by atoms with van der Waals surface area (Å²) in [4.78, 5) is 0. The number of rotatable bonds is 4. The van der Waals surface area contributed by atoms with Gasteiger partial charge in [0.25, 0.3) is 0 Å². The van der Waals surface area contributed by atoms with Gasteiger partial charge in [-0.3, -0.25) is 0 Å². The zero-order chi connectivity index (χ0) is 19.1. The highest BCUT2D eigenvalue weighted by molar-refractivity contribution is 9.11. The number of benzene rings is 1. The zero-order valence-electron chi connectivity index (χ0n) is 13.7. The zero-order valence-corrected chi connectivity index (χ0v) is 16.9. The Morgan fingerprint density at radius 3 is 2.81 bits per heavy atom. The van der Waals surface area contributed by atoms with E-state index < -0.39 is 26.7 Å². The molecule has 138 valence electrons. The third kappa shape index (κ3) is 3.29. The van der Waals surface area contributed by atoms with Gasteiger partial charge in [-0.1, -0.05) is 45.8 Å². The Labute approximate surface area is 164 Å². The first-order valence-corrected chi connectivity index (χ1v) is 10.4. The Balaban J connectivity index is 2.07. The van der Waals surface area contributed by atoms with E-state index in [2.05, 4.69) is 15.9 Å². The predicted molar refractivity (Wildman–Crippen MR) is 103 cm³/mol. The van der Waals surface area contributed by atoms with E-state index in [1.54, 1.807) is 25.2 Å². The van der Waals surface area contributed by atoms with E-state index in [0.717, 1.165) is 14.5 Å². The van der Waals surface area contributed by atoms with Gasteiger partial charge in [-0.05, 0) is 41.7 Å². The van der Waals surface area contributed by atoms with Gasteiger partial charge in [0.05, 0.1) is 5.69 Å². The first-order valence-electron chi connectivity index (χ1n) is 7.75. The molecule has 0 amide bonds. The van der Waals surface area contributed by atoms with Gasteiger partial charge in [0, 0.05) is 23.2 Å². The average molecular weight is 461 g/mol. The Morgan fingerprint density at radius 2 is 2.12 bits per heavy atom. The monoisotopic (exact) mass is 459 g/mol. The molecule has 0 fully saturated rings. The number of hydrogen-bond donors (Lipinski definition) is 1. The number of allylic oxidation sites excluding steroid dienone is 3. The van der Waals surface area contributed by atoms with Gasteiger partial charge in [-0.25, -0.2) is 16.8 Å². The Morgan fingerprint density at radius 1 is 1.38 bits per heavy atom. The maximum atomic E-state index is 13.6. The molecule has 0 spiro atoms. The molecule has 2 atom stereocenters. The van der Waals surface area contributed by atoms with Crippen molar-refractivity contribution >= 4 is 37.6 Å². The van der Waals surface area contributed by atoms with Crippen LogP contribution >= 0.6 is 27.5 Å². The standard InChI is InChI=1S/C18H16BrClFNO3S/c1-18(8-2-4-12(19)11-18)26(24,25)22-9-3-5-16(22)17(23)14-10-13(21)6-7-15(14)20/h2-10,17,23H,11H2,1H3. The fraction of sp³-hybridized carbons (Fsp3) is 0.222. The molecule has 2 aromatic rings. The number of nitrogens with zero attached hydrogens (tertiary/aromatic N) is 1. The van der Waals surface area contributed by atoms with E-state index in [9.17, 15) is 17.9 Å². The van der Waals surface area contributed by atoms with E-state index >= 15 is 0 Å². The maximum absolute atomic E-state index is 13.6. The molecule has 4 nitrogen and oxygen atoms in total. The van der Waals surface area contributed by atoms with Gasteiger partial charge in [0.1, 0.15) is 16.7 Å². The van der Waals surface area contributed by atoms with Crippen LogP contribution in [0.15, 0.2) is 59.2 Å². The quantitative estimate of drug-likeness (QED) is 0.729. The molecule has 1 N–H and O–H groups in total. The summed E-state index contributed by atoms with van der Waals surface area (Å²) in [5.41, 5.74) is 0.199. The van der Waals surface area contributed by atoms with Crippen molar-refractivity contribution in [3.63, 3.8) is 0 Å². The number of aliphatic hydroxyl groups excluding tert-OH is 1. The molecule has 0 saturated carbocycles. The van der Waals surface area contributed by atoms with Gasteiger partial charge in [0.15, 0.2) is 0 Å². The second-order valence-electron chi connectivity index (χ2n) is 6.26. The minimum absolute atomic E-state index is 0.0952. The van der Waals surface area contributed by atoms with Crippen molar-refractivity contribution in [1.29, 1.82) is 0 Å². The van der Waals surface area contributed by atoms with Crippen LogP contribution in [0.4, 0.5) is 4.39 Å². The Kier molecular flexibility index (Phi) is 5.18. The highest BCUT2D eigenvalue weighted by Gasteiger charge is 2.41. The fourth-order valence-corrected chi connectivity index (χ4v) is 5.75. The van der Waals surface area contributed by atoms with Crippen molar-refractivity contribution in [3.05, 3.63) is 81.3 Å². The summed E-state index contributed by atoms with van der Waals surface area (Å²) in [6, 6.07) is 6.59. The molecule has 1 aromatic heterocycles. The minimum Gasteiger partial charge on any atom is -0.382 e. The summed E-state index contributed by atoms with van der Waals surface area (Å²) < 4.78 is 40.7. The van der Waals surface area contributed by atoms with Gasteiger partial charge in [-0.15, -0.1) is 0 Å². The molecule has 1 aromatic carbocycles. The van der Waals surface area contributed by atoms with Crippen LogP contribution in [-0.2, 0) is 10.0 Å². The second kappa shape index (κ2) is 6.96. The van der Waals surface area contributed by atoms with Crippen molar-refractivity contribution in [2.24, 2.45) is 0 Å². The first kappa shape index (κ1) is 19.4. The van der Waals surface area contributed by atoms with Gasteiger partial charge < -0.3 is 5.11 Å². The lowest BCUT2D eigenvalue weighted by Gasteiger charge is -2.30. The van der Waals surface area contributed by atoms with Crippen molar-refractivity contribution < 1.29 is 17.9 Å². The van der Waals surface area contributed by atoms with Crippen LogP contribution in [0.5, 0.6) is 0 Å². The molecule has 1 aliphatic carbocycles. The Hall–Kier alpha value is -1.41. The molecular formula is C18H16BrClFNO3S. The third-order valence-electron chi connectivity index (χ3n) is 4.37. The second-order valence-corrected chi connectivity index (χ2v) is 9.97. The van der Waals surface area contributed by atoms with Gasteiger partial charge in [0.2, 0.25) is 10.0 Å². The van der Waals surface area contributed by atoms with Crippen LogP contribution in [0, 0.1) is 5.82 Å². The van der Waals surface area contributed by atoms with Crippen LogP contribution in [0.3, 0.4) is 0 Å². The molecule has 0 aliphatic heterocycles. The summed E-state index contributed by atoms with van der Waals surface area (Å²) in [5, 5.41) is 10.8. The fourth-order valence-electron chi connectivity index (χ4n) is 2.90. The highest BCUT2D eigenvalue weighted by Crippen LogP contribution is 2.37. The molecule has 1 heterocycles. The maximum Gasteiger partial charge on any atom is 0.248 e. The summed E-state index contributed by atoms with van der Waals surface area (Å²) in [6.07, 6.45) is 5.31. The SMILES string of the molecule is CC1(S(=O)(=O)n2cccc2C(O)c2cc(F)ccc2Cl)C=CC=C(Br)C1. The number of halogens is 3. The van der Waals surface area contributed by atoms with Crippen molar-refractivity contribution in [2.45, 2.75) is 24.2 Å². The lowest BCUT2D eigenvalue weighted by Crippen LogP contribution is -2.39. The van der Waals surface area contributed by atoms with E-state index in [1.807, 2.05) is 0 Å². The van der Waals surface area contributed by atoms with Crippen LogP contribution in [-0.4, -0.2) is 22.2 Å². The number of aliphatic hydroxyl groups is 1. The highest BCUT2D eigenvalue weighted by atomic mass is 79.9. The summed E-state index contributed by atoms with van der Waals surface area (Å²) in [5.74, 6) is -0.569. The molecule has 3 rings (SSSR count). The average Bonchev–Trinajstić information content (AvgIpc) is 3.06. The molecule has 1 aliphatic rings. The van der Waals surface area contributed by atoms with Gasteiger partial charge >= 0.3 is 0 Å². The summed E-state index contributed by atoms with van der Waals surface area (Å²) in [6.45, 7) is 1.61. The Bertz CT molecular complexity index is 1020. The molecule has 0 bridgehead atoms. The van der Waals surface area contributed by atoms with E-state index in [4.69, 9.17) is 11.6 Å². The minimum atomic E-state index is -3.90. The van der Waals surface area contributed by atoms with Crippen LogP contribution in [0.1, 0.15) is 30.7 Å². The van der Waals surface area contributed by atoms with Crippen LogP contribution in [0.2, 0.25) is 5.02 Å². The smallest absolute Gasteiger partial charge is 0.248 e. The lowest BCUT2D eigenvalue weighted by molar-refractivity contribution is 0.214. The third-order valence-corrected chi connectivity index (χ3v) is 7.57. The number of aromatic nitrogens is 1. The molecule has 26 heavy (non-hydrogen) atoms. The molecular weight excluding hydrogens is 445 g/mol. The summed E-state index contributed by atoms with van der Waals surface area (Å²) in [7, 11) is -3.90. The lowest BCUT2D eigenvalue weighted by atomic mass is 10.0. The van der Waals surface area contributed by atoms with Crippen LogP contribution < -0.4 is 0 Å². The molecule has 8 heteroatoms. The van der Waals surface area contributed by atoms with E-state index in [0.29, 0.717) is 0 Å². The summed E-state index contributed by atoms with van der Waals surface area (Å²) >= 11 is 9.41. The van der Waals surface area contributed by atoms with Crippen molar-refractivity contribution in [2.75, 3.05) is 0 Å². The topological polar surface area (TPSA) is 59.3 Å². The molecule has 0 radical (unpaired) electrons. The largest absolute Gasteiger partial charge is 0.382 e. The molecule has 0 saturated heterocycles. The van der Waals surface area contributed by atoms with Gasteiger partial charge in [-0.2, -0.15) is 0 Å². The predicted octanol–water partition coefficient (Wildman–Crippen LogP) is 4.54. The van der Waals surface area contributed by atoms with E-state index in [1.165, 1.54) is 30.5 Å². The van der Waals surface area contributed by atoms with E-state index in [-0.39, 0.29) is 22.7 Å². The van der Waals surface area contributed by atoms with Crippen LogP contribution in [0.25, 0.3) is 0 Å². The molecule has 2 unspecified atom stereocenters. The van der Waals surface area contributed by atoms with Crippen molar-refractivity contribution in [1.82, 2.24) is 3.97 Å². The number of hydrogen-bond acceptors (Lipinski definition) is 3. The van der Waals surface area contributed by atoms with Crippen molar-refractivity contribution in [3.8, 4) is 0 Å².